The third-order valence-corrected chi connectivity index (χ3v) is 4.72. The molecule has 0 bridgehead atoms. The third kappa shape index (κ3) is 3.07. The van der Waals surface area contributed by atoms with Crippen LogP contribution in [0.3, 0.4) is 0 Å². The van der Waals surface area contributed by atoms with Gasteiger partial charge in [-0.1, -0.05) is 17.7 Å². The summed E-state index contributed by atoms with van der Waals surface area (Å²) >= 11 is 6.15. The van der Waals surface area contributed by atoms with Crippen molar-refractivity contribution in [3.63, 3.8) is 0 Å². The molecule has 1 aromatic carbocycles. The van der Waals surface area contributed by atoms with E-state index in [0.29, 0.717) is 42.9 Å². The minimum Gasteiger partial charge on any atom is -0.506 e. The molecule has 1 aliphatic heterocycles. The van der Waals surface area contributed by atoms with Crippen molar-refractivity contribution < 1.29 is 14.3 Å². The zero-order chi connectivity index (χ0) is 17.3. The number of hydrogen-bond donors (Lipinski definition) is 1. The molecule has 1 aliphatic rings. The lowest BCUT2D eigenvalue weighted by molar-refractivity contribution is 0.0337. The van der Waals surface area contributed by atoms with Crippen LogP contribution in [0, 0.1) is 6.92 Å². The summed E-state index contributed by atoms with van der Waals surface area (Å²) in [6, 6.07) is 1.65. The maximum Gasteiger partial charge on any atom is 0.341 e. The van der Waals surface area contributed by atoms with Gasteiger partial charge < -0.3 is 14.3 Å². The highest BCUT2D eigenvalue weighted by Gasteiger charge is 2.20. The molecule has 0 spiro atoms. The van der Waals surface area contributed by atoms with Crippen LogP contribution < -0.4 is 5.63 Å². The van der Waals surface area contributed by atoms with Crippen molar-refractivity contribution in [2.75, 3.05) is 26.3 Å². The molecule has 0 amide bonds. The summed E-state index contributed by atoms with van der Waals surface area (Å²) in [6.45, 7) is 9.00. The van der Waals surface area contributed by atoms with Crippen LogP contribution in [0.25, 0.3) is 11.0 Å². The molecule has 0 radical (unpaired) electrons. The molecular weight excluding hydrogens is 330 g/mol. The van der Waals surface area contributed by atoms with Crippen LogP contribution in [-0.2, 0) is 17.7 Å². The van der Waals surface area contributed by atoms with Gasteiger partial charge in [-0.05, 0) is 25.0 Å². The van der Waals surface area contributed by atoms with E-state index in [0.717, 1.165) is 24.0 Å². The number of rotatable bonds is 4. The largest absolute Gasteiger partial charge is 0.506 e. The number of allylic oxidation sites excluding steroid dienone is 1. The molecule has 2 heterocycles. The number of halogens is 1. The van der Waals surface area contributed by atoms with Crippen molar-refractivity contribution in [3.8, 4) is 5.75 Å². The van der Waals surface area contributed by atoms with Crippen LogP contribution >= 0.6 is 11.6 Å². The molecular formula is C18H20ClNO4. The van der Waals surface area contributed by atoms with Gasteiger partial charge in [0.1, 0.15) is 11.3 Å². The Kier molecular flexibility index (Phi) is 4.94. The lowest BCUT2D eigenvalue weighted by Gasteiger charge is -2.26. The van der Waals surface area contributed by atoms with E-state index in [-0.39, 0.29) is 16.4 Å². The first-order valence-corrected chi connectivity index (χ1v) is 8.28. The molecule has 1 fully saturated rings. The standard InChI is InChI=1S/C18H20ClNO4/c1-3-4-12-16(21)15(19)9-13-11(2)14(18(22)24-17(12)13)10-20-5-7-23-8-6-20/h3,9,21H,1,4-8,10H2,2H3. The van der Waals surface area contributed by atoms with Crippen molar-refractivity contribution in [3.05, 3.63) is 50.9 Å². The highest BCUT2D eigenvalue weighted by atomic mass is 35.5. The van der Waals surface area contributed by atoms with Crippen LogP contribution in [0.4, 0.5) is 0 Å². The fourth-order valence-corrected chi connectivity index (χ4v) is 3.26. The number of morpholine rings is 1. The first-order valence-electron chi connectivity index (χ1n) is 7.90. The zero-order valence-electron chi connectivity index (χ0n) is 13.6. The Labute approximate surface area is 145 Å². The summed E-state index contributed by atoms with van der Waals surface area (Å²) < 4.78 is 10.9. The van der Waals surface area contributed by atoms with E-state index in [1.165, 1.54) is 0 Å². The maximum atomic E-state index is 12.5. The van der Waals surface area contributed by atoms with Gasteiger partial charge in [-0.15, -0.1) is 6.58 Å². The molecule has 2 aromatic rings. The van der Waals surface area contributed by atoms with Crippen LogP contribution in [0.5, 0.6) is 5.75 Å². The molecule has 3 rings (SSSR count). The average Bonchev–Trinajstić information content (AvgIpc) is 2.58. The Balaban J connectivity index is 2.14. The Morgan fingerprint density at radius 3 is 2.75 bits per heavy atom. The fourth-order valence-electron chi connectivity index (χ4n) is 3.04. The topological polar surface area (TPSA) is 62.9 Å². The summed E-state index contributed by atoms with van der Waals surface area (Å²) in [6.07, 6.45) is 2.01. The molecule has 6 heteroatoms. The van der Waals surface area contributed by atoms with Crippen molar-refractivity contribution in [2.24, 2.45) is 0 Å². The van der Waals surface area contributed by atoms with E-state index in [2.05, 4.69) is 11.5 Å². The highest BCUT2D eigenvalue weighted by molar-refractivity contribution is 6.33. The van der Waals surface area contributed by atoms with Gasteiger partial charge in [-0.2, -0.15) is 0 Å². The minimum atomic E-state index is -0.376. The summed E-state index contributed by atoms with van der Waals surface area (Å²) in [5.74, 6) is -0.0625. The smallest absolute Gasteiger partial charge is 0.341 e. The summed E-state index contributed by atoms with van der Waals surface area (Å²) in [5, 5.41) is 11.2. The van der Waals surface area contributed by atoms with Crippen LogP contribution in [0.2, 0.25) is 5.02 Å². The van der Waals surface area contributed by atoms with Gasteiger partial charge in [-0.3, -0.25) is 4.90 Å². The SMILES string of the molecule is C=CCc1c(O)c(Cl)cc2c(C)c(CN3CCOCC3)c(=O)oc12. The first kappa shape index (κ1) is 17.0. The number of fused-ring (bicyclic) bond motifs is 1. The molecule has 1 saturated heterocycles. The summed E-state index contributed by atoms with van der Waals surface area (Å²) in [5.41, 5.74) is 1.95. The number of aromatic hydroxyl groups is 1. The molecule has 5 nitrogen and oxygen atoms in total. The quantitative estimate of drug-likeness (QED) is 0.679. The molecule has 128 valence electrons. The van der Waals surface area contributed by atoms with E-state index in [1.54, 1.807) is 12.1 Å². The van der Waals surface area contributed by atoms with Crippen LogP contribution in [0.15, 0.2) is 27.9 Å². The second-order valence-corrected chi connectivity index (χ2v) is 6.34. The molecule has 0 atom stereocenters. The summed E-state index contributed by atoms with van der Waals surface area (Å²) in [7, 11) is 0. The van der Waals surface area contributed by atoms with Gasteiger partial charge >= 0.3 is 5.63 Å². The number of phenolic OH excluding ortho intramolecular Hbond substituents is 1. The van der Waals surface area contributed by atoms with Gasteiger partial charge in [0.05, 0.1) is 23.8 Å². The number of aryl methyl sites for hydroxylation is 1. The normalized spacial score (nSPS) is 15.8. The van der Waals surface area contributed by atoms with Crippen LogP contribution in [-0.4, -0.2) is 36.3 Å². The molecule has 0 aliphatic carbocycles. The number of ether oxygens (including phenoxy) is 1. The van der Waals surface area contributed by atoms with Crippen molar-refractivity contribution in [2.45, 2.75) is 19.9 Å². The number of benzene rings is 1. The number of phenols is 1. The molecule has 0 unspecified atom stereocenters. The Morgan fingerprint density at radius 2 is 2.08 bits per heavy atom. The Hall–Kier alpha value is -1.82. The second kappa shape index (κ2) is 6.97. The predicted molar refractivity (Wildman–Crippen MR) is 93.9 cm³/mol. The molecule has 0 saturated carbocycles. The average molecular weight is 350 g/mol. The number of nitrogens with zero attached hydrogens (tertiary/aromatic N) is 1. The third-order valence-electron chi connectivity index (χ3n) is 4.43. The number of hydrogen-bond acceptors (Lipinski definition) is 5. The van der Waals surface area contributed by atoms with Crippen LogP contribution in [0.1, 0.15) is 16.7 Å². The zero-order valence-corrected chi connectivity index (χ0v) is 14.4. The predicted octanol–water partition coefficient (Wildman–Crippen LogP) is 3.02. The van der Waals surface area contributed by atoms with Gasteiger partial charge in [0.25, 0.3) is 0 Å². The first-order chi connectivity index (χ1) is 11.5. The molecule has 1 aromatic heterocycles. The van der Waals surface area contributed by atoms with Crippen molar-refractivity contribution in [1.82, 2.24) is 4.90 Å². The maximum absolute atomic E-state index is 12.5. The van der Waals surface area contributed by atoms with E-state index < -0.39 is 0 Å². The van der Waals surface area contributed by atoms with Gasteiger partial charge in [0.15, 0.2) is 0 Å². The van der Waals surface area contributed by atoms with E-state index in [9.17, 15) is 9.90 Å². The van der Waals surface area contributed by atoms with E-state index in [4.69, 9.17) is 20.8 Å². The Morgan fingerprint density at radius 1 is 1.38 bits per heavy atom. The minimum absolute atomic E-state index is 0.0625. The summed E-state index contributed by atoms with van der Waals surface area (Å²) in [4.78, 5) is 14.7. The molecule has 1 N–H and O–H groups in total. The van der Waals surface area contributed by atoms with Gasteiger partial charge in [0.2, 0.25) is 0 Å². The van der Waals surface area contributed by atoms with Crippen molar-refractivity contribution in [1.29, 1.82) is 0 Å². The lowest BCUT2D eigenvalue weighted by atomic mass is 10.0. The monoisotopic (exact) mass is 349 g/mol. The second-order valence-electron chi connectivity index (χ2n) is 5.94. The van der Waals surface area contributed by atoms with Crippen molar-refractivity contribution >= 4 is 22.6 Å². The molecule has 24 heavy (non-hydrogen) atoms. The van der Waals surface area contributed by atoms with Gasteiger partial charge in [0, 0.05) is 30.6 Å². The van der Waals surface area contributed by atoms with E-state index in [1.807, 2.05) is 6.92 Å². The highest BCUT2D eigenvalue weighted by Crippen LogP contribution is 2.36. The lowest BCUT2D eigenvalue weighted by Crippen LogP contribution is -2.37. The van der Waals surface area contributed by atoms with Gasteiger partial charge in [-0.25, -0.2) is 4.79 Å². The Bertz CT molecular complexity index is 837. The fraction of sp³-hybridized carbons (Fsp3) is 0.389. The van der Waals surface area contributed by atoms with E-state index >= 15 is 0 Å².